The number of para-hydroxylation sites is 1. The van der Waals surface area contributed by atoms with Crippen LogP contribution >= 0.6 is 11.8 Å². The molecule has 0 aliphatic heterocycles. The van der Waals surface area contributed by atoms with Crippen LogP contribution in [0.1, 0.15) is 30.6 Å². The number of nitrogens with zero attached hydrogens (tertiary/aromatic N) is 2. The molecule has 27 heavy (non-hydrogen) atoms. The van der Waals surface area contributed by atoms with Crippen molar-refractivity contribution in [1.29, 1.82) is 0 Å². The van der Waals surface area contributed by atoms with Crippen molar-refractivity contribution >= 4 is 23.4 Å². The number of carbonyl (C=O) groups excluding carboxylic acids is 1. The molecule has 1 amide bonds. The fraction of sp³-hybridized carbons (Fsp3) is 0.250. The Morgan fingerprint density at radius 3 is 2.48 bits per heavy atom. The summed E-state index contributed by atoms with van der Waals surface area (Å²) in [6.45, 7) is 2.65. The molecule has 0 radical (unpaired) electrons. The molecule has 0 spiro atoms. The van der Waals surface area contributed by atoms with Gasteiger partial charge in [0, 0.05) is 12.2 Å². The lowest BCUT2D eigenvalue weighted by Gasteiger charge is -2.17. The third kappa shape index (κ3) is 4.89. The van der Waals surface area contributed by atoms with Gasteiger partial charge < -0.3 is 5.32 Å². The van der Waals surface area contributed by atoms with Crippen LogP contribution in [0.5, 0.6) is 0 Å². The van der Waals surface area contributed by atoms with Crippen molar-refractivity contribution < 1.29 is 4.79 Å². The molecule has 1 aromatic heterocycles. The lowest BCUT2D eigenvalue weighted by atomic mass is 10.1. The van der Waals surface area contributed by atoms with Crippen molar-refractivity contribution in [3.05, 3.63) is 76.7 Å². The second-order valence-corrected chi connectivity index (χ2v) is 7.15. The van der Waals surface area contributed by atoms with Crippen molar-refractivity contribution in [2.75, 3.05) is 5.32 Å². The van der Waals surface area contributed by atoms with Gasteiger partial charge in [0.1, 0.15) is 5.25 Å². The molecule has 1 heterocycles. The second kappa shape index (κ2) is 9.23. The molecular formula is C20H22N4O2S. The minimum atomic E-state index is -0.526. The smallest absolute Gasteiger partial charge is 0.325 e. The van der Waals surface area contributed by atoms with Crippen LogP contribution in [0.2, 0.25) is 0 Å². The van der Waals surface area contributed by atoms with E-state index < -0.39 is 5.25 Å². The third-order valence-electron chi connectivity index (χ3n) is 4.06. The zero-order valence-electron chi connectivity index (χ0n) is 15.1. The number of unbranched alkanes of at least 4 members (excludes halogenated alkanes) is 1. The zero-order valence-corrected chi connectivity index (χ0v) is 15.9. The molecule has 0 saturated heterocycles. The first-order valence-corrected chi connectivity index (χ1v) is 9.79. The van der Waals surface area contributed by atoms with Gasteiger partial charge >= 0.3 is 5.69 Å². The lowest BCUT2D eigenvalue weighted by Crippen LogP contribution is -2.21. The molecule has 7 heteroatoms. The normalized spacial score (nSPS) is 11.9. The quantitative estimate of drug-likeness (QED) is 0.580. The summed E-state index contributed by atoms with van der Waals surface area (Å²) in [7, 11) is 0. The van der Waals surface area contributed by atoms with Gasteiger partial charge in [0.05, 0.1) is 0 Å². The molecule has 6 nitrogen and oxygen atoms in total. The standard InChI is InChI=1S/C20H22N4O2S/c1-2-3-14-24-19(26)22-23-20(24)27-17(15-10-6-4-7-11-15)18(25)21-16-12-8-5-9-13-16/h4-13,17H,2-3,14H2,1H3,(H,21,25)(H,22,26). The van der Waals surface area contributed by atoms with Crippen molar-refractivity contribution in [2.24, 2.45) is 0 Å². The highest BCUT2D eigenvalue weighted by Crippen LogP contribution is 2.34. The number of aromatic nitrogens is 3. The van der Waals surface area contributed by atoms with Crippen LogP contribution in [0.4, 0.5) is 5.69 Å². The van der Waals surface area contributed by atoms with E-state index in [1.54, 1.807) is 4.57 Å². The van der Waals surface area contributed by atoms with E-state index in [0.29, 0.717) is 11.7 Å². The average Bonchev–Trinajstić information content (AvgIpc) is 3.05. The molecule has 0 saturated carbocycles. The number of aromatic amines is 1. The predicted molar refractivity (Wildman–Crippen MR) is 108 cm³/mol. The number of thioether (sulfide) groups is 1. The molecule has 0 bridgehead atoms. The maximum Gasteiger partial charge on any atom is 0.343 e. The number of H-pyrrole nitrogens is 1. The van der Waals surface area contributed by atoms with E-state index in [9.17, 15) is 9.59 Å². The van der Waals surface area contributed by atoms with Crippen LogP contribution in [-0.2, 0) is 11.3 Å². The SMILES string of the molecule is CCCCn1c(SC(C(=O)Nc2ccccc2)c2ccccc2)n[nH]c1=O. The van der Waals surface area contributed by atoms with Crippen molar-refractivity contribution in [3.8, 4) is 0 Å². The Morgan fingerprint density at radius 2 is 1.81 bits per heavy atom. The first-order valence-electron chi connectivity index (χ1n) is 8.91. The molecule has 0 aliphatic rings. The summed E-state index contributed by atoms with van der Waals surface area (Å²) in [4.78, 5) is 25.0. The summed E-state index contributed by atoms with van der Waals surface area (Å²) < 4.78 is 1.60. The molecular weight excluding hydrogens is 360 g/mol. The summed E-state index contributed by atoms with van der Waals surface area (Å²) in [5, 5.41) is 9.57. The Balaban J connectivity index is 1.87. The van der Waals surface area contributed by atoms with Crippen LogP contribution in [-0.4, -0.2) is 20.7 Å². The van der Waals surface area contributed by atoms with Crippen LogP contribution in [0.3, 0.4) is 0 Å². The van der Waals surface area contributed by atoms with Gasteiger partial charge in [-0.25, -0.2) is 9.89 Å². The van der Waals surface area contributed by atoms with Crippen LogP contribution in [0.15, 0.2) is 70.6 Å². The lowest BCUT2D eigenvalue weighted by molar-refractivity contribution is -0.115. The summed E-state index contributed by atoms with van der Waals surface area (Å²) in [6.07, 6.45) is 1.84. The summed E-state index contributed by atoms with van der Waals surface area (Å²) in [5.74, 6) is -0.158. The number of benzene rings is 2. The van der Waals surface area contributed by atoms with Crippen molar-refractivity contribution in [1.82, 2.24) is 14.8 Å². The topological polar surface area (TPSA) is 79.8 Å². The van der Waals surface area contributed by atoms with Gasteiger partial charge in [-0.2, -0.15) is 0 Å². The van der Waals surface area contributed by atoms with E-state index in [4.69, 9.17) is 0 Å². The first kappa shape index (κ1) is 19.0. The first-order chi connectivity index (χ1) is 13.2. The summed E-state index contributed by atoms with van der Waals surface area (Å²) >= 11 is 1.28. The van der Waals surface area contributed by atoms with Gasteiger partial charge in [-0.1, -0.05) is 73.6 Å². The van der Waals surface area contributed by atoms with Crippen molar-refractivity contribution in [2.45, 2.75) is 36.7 Å². The molecule has 0 fully saturated rings. The van der Waals surface area contributed by atoms with Gasteiger partial charge in [-0.05, 0) is 24.1 Å². The molecule has 1 atom stereocenters. The highest BCUT2D eigenvalue weighted by Gasteiger charge is 2.25. The van der Waals surface area contributed by atoms with Crippen molar-refractivity contribution in [3.63, 3.8) is 0 Å². The third-order valence-corrected chi connectivity index (χ3v) is 5.31. The number of anilines is 1. The number of amides is 1. The predicted octanol–water partition coefficient (Wildman–Crippen LogP) is 3.84. The van der Waals surface area contributed by atoms with Gasteiger partial charge in [-0.15, -0.1) is 5.10 Å². The highest BCUT2D eigenvalue weighted by atomic mass is 32.2. The Morgan fingerprint density at radius 1 is 1.15 bits per heavy atom. The second-order valence-electron chi connectivity index (χ2n) is 6.08. The number of carbonyl (C=O) groups is 1. The summed E-state index contributed by atoms with van der Waals surface area (Å²) in [6, 6.07) is 18.8. The number of hydrogen-bond donors (Lipinski definition) is 2. The Labute approximate surface area is 162 Å². The maximum atomic E-state index is 13.0. The van der Waals surface area contributed by atoms with Gasteiger partial charge in [0.15, 0.2) is 5.16 Å². The zero-order chi connectivity index (χ0) is 19.1. The van der Waals surface area contributed by atoms with E-state index in [1.807, 2.05) is 60.7 Å². The fourth-order valence-corrected chi connectivity index (χ4v) is 3.71. The maximum absolute atomic E-state index is 13.0. The van der Waals surface area contributed by atoms with E-state index in [1.165, 1.54) is 11.8 Å². The monoisotopic (exact) mass is 382 g/mol. The van der Waals surface area contributed by atoms with Crippen LogP contribution in [0, 0.1) is 0 Å². The largest absolute Gasteiger partial charge is 0.343 e. The van der Waals surface area contributed by atoms with E-state index >= 15 is 0 Å². The Kier molecular flexibility index (Phi) is 6.49. The Bertz CT molecular complexity index is 922. The van der Waals surface area contributed by atoms with Gasteiger partial charge in [-0.3, -0.25) is 9.36 Å². The summed E-state index contributed by atoms with van der Waals surface area (Å²) in [5.41, 5.74) is 1.34. The molecule has 2 N–H and O–H groups in total. The molecule has 140 valence electrons. The molecule has 1 unspecified atom stereocenters. The average molecular weight is 382 g/mol. The molecule has 3 aromatic rings. The molecule has 3 rings (SSSR count). The Hall–Kier alpha value is -2.80. The minimum Gasteiger partial charge on any atom is -0.325 e. The molecule has 2 aromatic carbocycles. The number of hydrogen-bond acceptors (Lipinski definition) is 4. The van der Waals surface area contributed by atoms with Gasteiger partial charge in [0.25, 0.3) is 0 Å². The highest BCUT2D eigenvalue weighted by molar-refractivity contribution is 8.00. The number of rotatable bonds is 8. The van der Waals surface area contributed by atoms with E-state index in [0.717, 1.165) is 24.1 Å². The van der Waals surface area contributed by atoms with E-state index in [2.05, 4.69) is 22.4 Å². The molecule has 0 aliphatic carbocycles. The fourth-order valence-electron chi connectivity index (χ4n) is 2.64. The van der Waals surface area contributed by atoms with E-state index in [-0.39, 0.29) is 11.6 Å². The minimum absolute atomic E-state index is 0.158. The van der Waals surface area contributed by atoms with Crippen LogP contribution < -0.4 is 11.0 Å². The van der Waals surface area contributed by atoms with Gasteiger partial charge in [0.2, 0.25) is 5.91 Å². The van der Waals surface area contributed by atoms with Crippen LogP contribution in [0.25, 0.3) is 0 Å². The number of nitrogens with one attached hydrogen (secondary N) is 2.